The molecule has 1 fully saturated rings. The van der Waals surface area contributed by atoms with Gasteiger partial charge in [0.05, 0.1) is 12.2 Å². The number of β-amino-alcohol motifs (C(OH)–C–C–N with tert-alkyl or cyclic N) is 1. The summed E-state index contributed by atoms with van der Waals surface area (Å²) >= 11 is 0. The Balaban J connectivity index is 1.76. The number of aliphatic hydroxyl groups excluding tert-OH is 2. The van der Waals surface area contributed by atoms with Crippen LogP contribution in [0.1, 0.15) is 64.0 Å². The second-order valence-corrected chi connectivity index (χ2v) is 7.52. The average molecular weight is 323 g/mol. The highest BCUT2D eigenvalue weighted by atomic mass is 19.1. The number of aliphatic hydroxyl groups is 2. The van der Waals surface area contributed by atoms with E-state index in [9.17, 15) is 14.6 Å². The van der Waals surface area contributed by atoms with E-state index < -0.39 is 6.10 Å². The van der Waals surface area contributed by atoms with Gasteiger partial charge in [-0.15, -0.1) is 0 Å². The fourth-order valence-corrected chi connectivity index (χ4v) is 3.32. The van der Waals surface area contributed by atoms with E-state index in [1.165, 1.54) is 6.07 Å². The fourth-order valence-electron chi connectivity index (χ4n) is 3.32. The lowest BCUT2D eigenvalue weighted by atomic mass is 9.82. The van der Waals surface area contributed by atoms with Gasteiger partial charge in [0.25, 0.3) is 0 Å². The number of nitrogens with one attached hydrogen (secondary N) is 1. The molecule has 1 aromatic rings. The maximum atomic E-state index is 13.7. The van der Waals surface area contributed by atoms with E-state index in [0.29, 0.717) is 18.0 Å². The normalized spacial score (nSPS) is 23.7. The molecule has 1 aliphatic carbocycles. The molecule has 0 bridgehead atoms. The van der Waals surface area contributed by atoms with Gasteiger partial charge in [-0.3, -0.25) is 0 Å². The number of hydrogen-bond donors (Lipinski definition) is 3. The molecular formula is C19H30FNO2. The van der Waals surface area contributed by atoms with Crippen LogP contribution in [-0.4, -0.2) is 28.4 Å². The highest BCUT2D eigenvalue weighted by Gasteiger charge is 2.24. The zero-order valence-electron chi connectivity index (χ0n) is 14.3. The molecule has 0 heterocycles. The molecular weight excluding hydrogens is 293 g/mol. The first-order valence-corrected chi connectivity index (χ1v) is 8.73. The van der Waals surface area contributed by atoms with Crippen LogP contribution in [0.15, 0.2) is 24.3 Å². The Bertz CT molecular complexity index is 484. The lowest BCUT2D eigenvalue weighted by Crippen LogP contribution is -2.42. The third kappa shape index (κ3) is 5.87. The molecule has 0 unspecified atom stereocenters. The lowest BCUT2D eigenvalue weighted by molar-refractivity contribution is 0.102. The molecule has 0 spiro atoms. The zero-order chi connectivity index (χ0) is 16.9. The standard InChI is InChI=1S/C19H30FNO2/c1-19(2,12-11-14-7-9-15(22)10-8-14)21-13-18(23)16-5-3-4-6-17(16)20/h3-6,14-15,18,21-23H,7-13H2,1-2H3/t14-,15-,18-/m0/s1. The van der Waals surface area contributed by atoms with Crippen molar-refractivity contribution in [2.75, 3.05) is 6.54 Å². The van der Waals surface area contributed by atoms with E-state index in [1.54, 1.807) is 18.2 Å². The molecule has 0 radical (unpaired) electrons. The van der Waals surface area contributed by atoms with Crippen molar-refractivity contribution in [3.63, 3.8) is 0 Å². The van der Waals surface area contributed by atoms with Gasteiger partial charge in [-0.25, -0.2) is 4.39 Å². The summed E-state index contributed by atoms with van der Waals surface area (Å²) in [4.78, 5) is 0. The lowest BCUT2D eigenvalue weighted by Gasteiger charge is -2.32. The van der Waals surface area contributed by atoms with Crippen LogP contribution in [0.25, 0.3) is 0 Å². The molecule has 1 saturated carbocycles. The molecule has 0 amide bonds. The van der Waals surface area contributed by atoms with E-state index in [0.717, 1.165) is 38.5 Å². The SMILES string of the molecule is CC(C)(CC[C@H]1CC[C@H](O)CC1)NC[C@H](O)c1ccccc1F. The first-order valence-electron chi connectivity index (χ1n) is 8.73. The summed E-state index contributed by atoms with van der Waals surface area (Å²) in [7, 11) is 0. The predicted molar refractivity (Wildman–Crippen MR) is 90.6 cm³/mol. The average Bonchev–Trinajstić information content (AvgIpc) is 2.53. The van der Waals surface area contributed by atoms with Crippen molar-refractivity contribution in [3.05, 3.63) is 35.6 Å². The van der Waals surface area contributed by atoms with Crippen LogP contribution in [-0.2, 0) is 0 Å². The Morgan fingerprint density at radius 1 is 1.22 bits per heavy atom. The van der Waals surface area contributed by atoms with Crippen LogP contribution in [0, 0.1) is 11.7 Å². The van der Waals surface area contributed by atoms with Crippen LogP contribution in [0.5, 0.6) is 0 Å². The van der Waals surface area contributed by atoms with Gasteiger partial charge in [0.1, 0.15) is 5.82 Å². The minimum Gasteiger partial charge on any atom is -0.393 e. The van der Waals surface area contributed by atoms with Gasteiger partial charge in [-0.2, -0.15) is 0 Å². The summed E-state index contributed by atoms with van der Waals surface area (Å²) in [6, 6.07) is 6.37. The zero-order valence-corrected chi connectivity index (χ0v) is 14.3. The van der Waals surface area contributed by atoms with Crippen LogP contribution >= 0.6 is 0 Å². The van der Waals surface area contributed by atoms with Crippen LogP contribution in [0.4, 0.5) is 4.39 Å². The van der Waals surface area contributed by atoms with E-state index in [4.69, 9.17) is 0 Å². The monoisotopic (exact) mass is 323 g/mol. The van der Waals surface area contributed by atoms with Crippen molar-refractivity contribution in [1.29, 1.82) is 0 Å². The molecule has 0 aromatic heterocycles. The Hall–Kier alpha value is -0.970. The largest absolute Gasteiger partial charge is 0.393 e. The van der Waals surface area contributed by atoms with Gasteiger partial charge in [-0.1, -0.05) is 18.2 Å². The maximum Gasteiger partial charge on any atom is 0.129 e. The number of hydrogen-bond acceptors (Lipinski definition) is 3. The molecule has 3 nitrogen and oxygen atoms in total. The number of rotatable bonds is 7. The van der Waals surface area contributed by atoms with Crippen molar-refractivity contribution in [1.82, 2.24) is 5.32 Å². The van der Waals surface area contributed by atoms with Gasteiger partial charge in [0.15, 0.2) is 0 Å². The quantitative estimate of drug-likeness (QED) is 0.719. The third-order valence-corrected chi connectivity index (χ3v) is 5.03. The third-order valence-electron chi connectivity index (χ3n) is 5.03. The van der Waals surface area contributed by atoms with Crippen LogP contribution < -0.4 is 5.32 Å². The topological polar surface area (TPSA) is 52.5 Å². The molecule has 0 saturated heterocycles. The molecule has 1 atom stereocenters. The first-order chi connectivity index (χ1) is 10.9. The van der Waals surface area contributed by atoms with Crippen LogP contribution in [0.2, 0.25) is 0 Å². The Labute approximate surface area is 138 Å². The second kappa shape index (κ2) is 8.22. The van der Waals surface area contributed by atoms with Gasteiger partial charge in [-0.05, 0) is 64.4 Å². The number of halogens is 1. The summed E-state index contributed by atoms with van der Waals surface area (Å²) in [6.07, 6.45) is 5.26. The maximum absolute atomic E-state index is 13.7. The summed E-state index contributed by atoms with van der Waals surface area (Å²) in [5, 5.41) is 23.1. The second-order valence-electron chi connectivity index (χ2n) is 7.52. The molecule has 3 N–H and O–H groups in total. The van der Waals surface area contributed by atoms with Gasteiger partial charge in [0, 0.05) is 17.6 Å². The van der Waals surface area contributed by atoms with Crippen molar-refractivity contribution in [2.45, 2.75) is 70.1 Å². The van der Waals surface area contributed by atoms with Crippen molar-refractivity contribution in [3.8, 4) is 0 Å². The van der Waals surface area contributed by atoms with Gasteiger partial charge in [0.2, 0.25) is 0 Å². The molecule has 23 heavy (non-hydrogen) atoms. The highest BCUT2D eigenvalue weighted by Crippen LogP contribution is 2.30. The molecule has 1 aliphatic rings. The molecule has 2 rings (SSSR count). The Morgan fingerprint density at radius 2 is 1.87 bits per heavy atom. The van der Waals surface area contributed by atoms with E-state index in [2.05, 4.69) is 19.2 Å². The summed E-state index contributed by atoms with van der Waals surface area (Å²) < 4.78 is 13.7. The Kier molecular flexibility index (Phi) is 6.57. The molecule has 4 heteroatoms. The minimum absolute atomic E-state index is 0.0949. The van der Waals surface area contributed by atoms with E-state index in [1.807, 2.05) is 0 Å². The fraction of sp³-hybridized carbons (Fsp3) is 0.684. The van der Waals surface area contributed by atoms with E-state index >= 15 is 0 Å². The predicted octanol–water partition coefficient (Wildman–Crippen LogP) is 3.56. The summed E-state index contributed by atoms with van der Waals surface area (Å²) in [5.41, 5.74) is 0.250. The molecule has 130 valence electrons. The Morgan fingerprint density at radius 3 is 2.52 bits per heavy atom. The van der Waals surface area contributed by atoms with Crippen molar-refractivity contribution in [2.24, 2.45) is 5.92 Å². The van der Waals surface area contributed by atoms with Crippen molar-refractivity contribution >= 4 is 0 Å². The molecule has 0 aliphatic heterocycles. The van der Waals surface area contributed by atoms with Crippen molar-refractivity contribution < 1.29 is 14.6 Å². The van der Waals surface area contributed by atoms with Gasteiger partial charge >= 0.3 is 0 Å². The first kappa shape index (κ1) is 18.4. The smallest absolute Gasteiger partial charge is 0.129 e. The van der Waals surface area contributed by atoms with E-state index in [-0.39, 0.29) is 17.5 Å². The minimum atomic E-state index is -0.833. The summed E-state index contributed by atoms with van der Waals surface area (Å²) in [5.74, 6) is 0.330. The number of benzene rings is 1. The molecule has 1 aromatic carbocycles. The van der Waals surface area contributed by atoms with Gasteiger partial charge < -0.3 is 15.5 Å². The van der Waals surface area contributed by atoms with Crippen LogP contribution in [0.3, 0.4) is 0 Å². The highest BCUT2D eigenvalue weighted by molar-refractivity contribution is 5.20. The summed E-state index contributed by atoms with van der Waals surface area (Å²) in [6.45, 7) is 4.59.